The summed E-state index contributed by atoms with van der Waals surface area (Å²) >= 11 is 0. The molecular weight excluding hydrogens is 364 g/mol. The Balaban J connectivity index is 1.98. The number of rotatable bonds is 5. The van der Waals surface area contributed by atoms with Crippen molar-refractivity contribution in [2.24, 2.45) is 0 Å². The normalized spacial score (nSPS) is 18.8. The molecule has 0 amide bonds. The Bertz CT molecular complexity index is 911. The largest absolute Gasteiger partial charge is 0.496 e. The molecule has 0 bridgehead atoms. The van der Waals surface area contributed by atoms with Crippen LogP contribution in [0, 0.1) is 0 Å². The smallest absolute Gasteiger partial charge is 0.349 e. The van der Waals surface area contributed by atoms with Crippen LogP contribution in [0.1, 0.15) is 18.1 Å². The highest BCUT2D eigenvalue weighted by atomic mass is 16.7. The fourth-order valence-corrected chi connectivity index (χ4v) is 2.87. The number of methoxy groups -OCH3 is 3. The molecule has 146 valence electrons. The van der Waals surface area contributed by atoms with Gasteiger partial charge in [-0.3, -0.25) is 0 Å². The summed E-state index contributed by atoms with van der Waals surface area (Å²) in [5, 5.41) is 0. The Labute approximate surface area is 162 Å². The predicted octanol–water partition coefficient (Wildman–Crippen LogP) is 3.07. The van der Waals surface area contributed by atoms with Crippen LogP contribution in [0.4, 0.5) is 0 Å². The van der Waals surface area contributed by atoms with Gasteiger partial charge in [0.25, 0.3) is 5.79 Å². The van der Waals surface area contributed by atoms with E-state index in [0.717, 1.165) is 0 Å². The zero-order chi connectivity index (χ0) is 20.3. The van der Waals surface area contributed by atoms with E-state index < -0.39 is 17.7 Å². The highest BCUT2D eigenvalue weighted by Crippen LogP contribution is 2.38. The quantitative estimate of drug-likeness (QED) is 0.445. The van der Waals surface area contributed by atoms with Gasteiger partial charge in [0.05, 0.1) is 21.3 Å². The fraction of sp³-hybridized carbons (Fsp3) is 0.238. The summed E-state index contributed by atoms with van der Waals surface area (Å²) in [6.07, 6.45) is 1.34. The molecule has 0 aliphatic carbocycles. The van der Waals surface area contributed by atoms with Crippen LogP contribution in [-0.4, -0.2) is 33.3 Å². The minimum Gasteiger partial charge on any atom is -0.496 e. The average molecular weight is 384 g/mol. The monoisotopic (exact) mass is 384 g/mol. The van der Waals surface area contributed by atoms with Crippen LogP contribution < -0.4 is 14.2 Å². The number of carbonyl (C=O) groups is 2. The summed E-state index contributed by atoms with van der Waals surface area (Å²) in [7, 11) is 4.44. The lowest BCUT2D eigenvalue weighted by molar-refractivity contribution is -0.233. The lowest BCUT2D eigenvalue weighted by Crippen LogP contribution is -2.42. The maximum Gasteiger partial charge on any atom is 0.349 e. The molecule has 0 aromatic heterocycles. The van der Waals surface area contributed by atoms with Crippen LogP contribution in [0.25, 0.3) is 6.08 Å². The minimum atomic E-state index is -1.49. The Morgan fingerprint density at radius 2 is 1.36 bits per heavy atom. The molecule has 3 rings (SSSR count). The predicted molar refractivity (Wildman–Crippen MR) is 100 cm³/mol. The van der Waals surface area contributed by atoms with Gasteiger partial charge in [0.2, 0.25) is 0 Å². The van der Waals surface area contributed by atoms with Crippen LogP contribution in [0.2, 0.25) is 0 Å². The van der Waals surface area contributed by atoms with Crippen LogP contribution in [0.15, 0.2) is 48.0 Å². The molecule has 28 heavy (non-hydrogen) atoms. The van der Waals surface area contributed by atoms with Gasteiger partial charge in [-0.2, -0.15) is 0 Å². The van der Waals surface area contributed by atoms with E-state index >= 15 is 0 Å². The van der Waals surface area contributed by atoms with Crippen molar-refractivity contribution in [2.75, 3.05) is 21.3 Å². The van der Waals surface area contributed by atoms with Crippen molar-refractivity contribution in [1.82, 2.24) is 0 Å². The Hall–Kier alpha value is -3.48. The standard InChI is InChI=1S/C21H20O7/c1-21(14-8-6-5-7-9-14)27-19(22)15(20(23)28-21)10-13-11-17(25-3)18(26-4)12-16(13)24-2/h5-12H,1-4H3. The molecule has 2 aromatic carbocycles. The second-order valence-corrected chi connectivity index (χ2v) is 6.10. The molecule has 0 spiro atoms. The second kappa shape index (κ2) is 7.64. The first-order valence-electron chi connectivity index (χ1n) is 8.45. The third-order valence-corrected chi connectivity index (χ3v) is 4.35. The molecule has 1 aliphatic rings. The summed E-state index contributed by atoms with van der Waals surface area (Å²) < 4.78 is 26.7. The van der Waals surface area contributed by atoms with Crippen LogP contribution in [0.5, 0.6) is 17.2 Å². The van der Waals surface area contributed by atoms with Crippen LogP contribution in [-0.2, 0) is 24.8 Å². The molecule has 0 N–H and O–H groups in total. The number of carbonyl (C=O) groups excluding carboxylic acids is 2. The van der Waals surface area contributed by atoms with Gasteiger partial charge in [0, 0.05) is 24.1 Å². The maximum atomic E-state index is 12.6. The summed E-state index contributed by atoms with van der Waals surface area (Å²) in [5.41, 5.74) is 0.741. The number of hydrogen-bond donors (Lipinski definition) is 0. The molecular formula is C21H20O7. The van der Waals surface area contributed by atoms with Gasteiger partial charge < -0.3 is 23.7 Å². The number of benzene rings is 2. The Morgan fingerprint density at radius 1 is 0.821 bits per heavy atom. The number of hydrogen-bond acceptors (Lipinski definition) is 7. The maximum absolute atomic E-state index is 12.6. The van der Waals surface area contributed by atoms with Crippen molar-refractivity contribution < 1.29 is 33.3 Å². The molecule has 7 heteroatoms. The third kappa shape index (κ3) is 3.51. The molecule has 2 aromatic rings. The number of esters is 2. The Kier molecular flexibility index (Phi) is 5.26. The molecule has 1 fully saturated rings. The van der Waals surface area contributed by atoms with Crippen molar-refractivity contribution in [1.29, 1.82) is 0 Å². The lowest BCUT2D eigenvalue weighted by Gasteiger charge is -2.33. The van der Waals surface area contributed by atoms with Crippen molar-refractivity contribution in [3.05, 3.63) is 59.2 Å². The zero-order valence-electron chi connectivity index (χ0n) is 16.0. The van der Waals surface area contributed by atoms with E-state index in [1.807, 2.05) is 6.07 Å². The first-order chi connectivity index (χ1) is 13.4. The van der Waals surface area contributed by atoms with Crippen molar-refractivity contribution in [3.8, 4) is 17.2 Å². The molecule has 1 saturated heterocycles. The number of ether oxygens (including phenoxy) is 5. The van der Waals surface area contributed by atoms with Gasteiger partial charge in [-0.1, -0.05) is 30.3 Å². The first-order valence-corrected chi connectivity index (χ1v) is 8.45. The molecule has 7 nitrogen and oxygen atoms in total. The molecule has 0 saturated carbocycles. The van der Waals surface area contributed by atoms with Gasteiger partial charge >= 0.3 is 11.9 Å². The SMILES string of the molecule is COc1cc(OC)c(OC)cc1C=C1C(=O)OC(C)(c2ccccc2)OC1=O. The molecule has 0 unspecified atom stereocenters. The lowest BCUT2D eigenvalue weighted by atomic mass is 10.0. The van der Waals surface area contributed by atoms with Gasteiger partial charge in [0.15, 0.2) is 11.5 Å². The topological polar surface area (TPSA) is 80.3 Å². The minimum absolute atomic E-state index is 0.251. The van der Waals surface area contributed by atoms with Gasteiger partial charge in [0.1, 0.15) is 11.3 Å². The number of cyclic esters (lactones) is 2. The van der Waals surface area contributed by atoms with Gasteiger partial charge in [-0.15, -0.1) is 0 Å². The highest BCUT2D eigenvalue weighted by Gasteiger charge is 2.44. The van der Waals surface area contributed by atoms with Gasteiger partial charge in [-0.25, -0.2) is 9.59 Å². The molecule has 1 heterocycles. The second-order valence-electron chi connectivity index (χ2n) is 6.10. The summed E-state index contributed by atoms with van der Waals surface area (Å²) in [6, 6.07) is 12.0. The van der Waals surface area contributed by atoms with E-state index in [1.54, 1.807) is 36.4 Å². The van der Waals surface area contributed by atoms with E-state index in [9.17, 15) is 9.59 Å². The molecule has 0 atom stereocenters. The fourth-order valence-electron chi connectivity index (χ4n) is 2.87. The Morgan fingerprint density at radius 3 is 1.89 bits per heavy atom. The zero-order valence-corrected chi connectivity index (χ0v) is 16.0. The van der Waals surface area contributed by atoms with Crippen molar-refractivity contribution in [3.63, 3.8) is 0 Å². The summed E-state index contributed by atoms with van der Waals surface area (Å²) in [5.74, 6) is -1.82. The summed E-state index contributed by atoms with van der Waals surface area (Å²) in [4.78, 5) is 25.2. The van der Waals surface area contributed by atoms with E-state index in [-0.39, 0.29) is 5.57 Å². The van der Waals surface area contributed by atoms with E-state index in [0.29, 0.717) is 28.4 Å². The van der Waals surface area contributed by atoms with Crippen LogP contribution in [0.3, 0.4) is 0 Å². The average Bonchev–Trinajstić information content (AvgIpc) is 2.70. The van der Waals surface area contributed by atoms with E-state index in [4.69, 9.17) is 23.7 Å². The van der Waals surface area contributed by atoms with E-state index in [1.165, 1.54) is 34.3 Å². The highest BCUT2D eigenvalue weighted by molar-refractivity contribution is 6.19. The third-order valence-electron chi connectivity index (χ3n) is 4.35. The first kappa shape index (κ1) is 19.3. The van der Waals surface area contributed by atoms with Gasteiger partial charge in [-0.05, 0) is 12.1 Å². The molecule has 0 radical (unpaired) electrons. The molecule has 1 aliphatic heterocycles. The van der Waals surface area contributed by atoms with Crippen molar-refractivity contribution in [2.45, 2.75) is 12.7 Å². The summed E-state index contributed by atoms with van der Waals surface area (Å²) in [6.45, 7) is 1.52. The van der Waals surface area contributed by atoms with Crippen LogP contribution >= 0.6 is 0 Å². The van der Waals surface area contributed by atoms with Crippen molar-refractivity contribution >= 4 is 18.0 Å². The van der Waals surface area contributed by atoms with E-state index in [2.05, 4.69) is 0 Å².